The SMILES string of the molecule is COc1cccc(N2CCN(C(=O)c3ccc(-c4nccnc4N4CCCC4)cc3)CC2)c1. The van der Waals surface area contributed by atoms with Crippen LogP contribution in [0.2, 0.25) is 0 Å². The van der Waals surface area contributed by atoms with Crippen molar-refractivity contribution in [3.05, 3.63) is 66.5 Å². The normalized spacial score (nSPS) is 16.2. The number of benzene rings is 2. The summed E-state index contributed by atoms with van der Waals surface area (Å²) in [6.45, 7) is 5.03. The summed E-state index contributed by atoms with van der Waals surface area (Å²) in [5.74, 6) is 1.86. The molecule has 3 aromatic rings. The highest BCUT2D eigenvalue weighted by atomic mass is 16.5. The fraction of sp³-hybridized carbons (Fsp3) is 0.346. The van der Waals surface area contributed by atoms with Gasteiger partial charge in [0.2, 0.25) is 0 Å². The lowest BCUT2D eigenvalue weighted by Gasteiger charge is -2.36. The molecule has 2 saturated heterocycles. The number of piperazine rings is 1. The summed E-state index contributed by atoms with van der Waals surface area (Å²) in [5, 5.41) is 0. The van der Waals surface area contributed by atoms with Gasteiger partial charge in [-0.2, -0.15) is 0 Å². The van der Waals surface area contributed by atoms with Crippen molar-refractivity contribution in [2.24, 2.45) is 0 Å². The third-order valence-corrected chi connectivity index (χ3v) is 6.48. The van der Waals surface area contributed by atoms with Crippen molar-refractivity contribution in [3.63, 3.8) is 0 Å². The molecule has 7 nitrogen and oxygen atoms in total. The highest BCUT2D eigenvalue weighted by molar-refractivity contribution is 5.95. The van der Waals surface area contributed by atoms with Crippen LogP contribution in [0, 0.1) is 0 Å². The second kappa shape index (κ2) is 9.48. The van der Waals surface area contributed by atoms with E-state index in [1.165, 1.54) is 12.8 Å². The Morgan fingerprint density at radius 3 is 2.30 bits per heavy atom. The molecule has 1 aromatic heterocycles. The predicted molar refractivity (Wildman–Crippen MR) is 130 cm³/mol. The highest BCUT2D eigenvalue weighted by Gasteiger charge is 2.23. The summed E-state index contributed by atoms with van der Waals surface area (Å²) < 4.78 is 5.34. The molecule has 1 amide bonds. The van der Waals surface area contributed by atoms with Crippen LogP contribution in [-0.4, -0.2) is 67.2 Å². The fourth-order valence-electron chi connectivity index (χ4n) is 4.62. The molecule has 0 aliphatic carbocycles. The van der Waals surface area contributed by atoms with Crippen molar-refractivity contribution >= 4 is 17.4 Å². The molecule has 2 aliphatic rings. The molecule has 3 heterocycles. The Morgan fingerprint density at radius 2 is 1.58 bits per heavy atom. The molecule has 33 heavy (non-hydrogen) atoms. The van der Waals surface area contributed by atoms with Crippen LogP contribution in [0.1, 0.15) is 23.2 Å². The van der Waals surface area contributed by atoms with E-state index in [1.54, 1.807) is 19.5 Å². The van der Waals surface area contributed by atoms with Crippen LogP contribution in [0.4, 0.5) is 11.5 Å². The van der Waals surface area contributed by atoms with Crippen molar-refractivity contribution in [2.75, 3.05) is 56.2 Å². The topological polar surface area (TPSA) is 61.8 Å². The van der Waals surface area contributed by atoms with Gasteiger partial charge in [-0.3, -0.25) is 9.78 Å². The molecule has 0 N–H and O–H groups in total. The van der Waals surface area contributed by atoms with Gasteiger partial charge in [-0.25, -0.2) is 4.98 Å². The van der Waals surface area contributed by atoms with E-state index in [-0.39, 0.29) is 5.91 Å². The zero-order chi connectivity index (χ0) is 22.6. The average molecular weight is 444 g/mol. The Labute approximate surface area is 194 Å². The van der Waals surface area contributed by atoms with Crippen LogP contribution < -0.4 is 14.5 Å². The number of hydrogen-bond donors (Lipinski definition) is 0. The Balaban J connectivity index is 1.25. The monoisotopic (exact) mass is 443 g/mol. The van der Waals surface area contributed by atoms with E-state index in [1.807, 2.05) is 47.4 Å². The number of aromatic nitrogens is 2. The molecule has 0 spiro atoms. The van der Waals surface area contributed by atoms with Gasteiger partial charge in [0, 0.05) is 74.5 Å². The number of carbonyl (C=O) groups excluding carboxylic acids is 1. The summed E-state index contributed by atoms with van der Waals surface area (Å²) in [6, 6.07) is 15.9. The van der Waals surface area contributed by atoms with E-state index in [2.05, 4.69) is 25.8 Å². The molecule has 0 radical (unpaired) electrons. The maximum atomic E-state index is 13.1. The van der Waals surface area contributed by atoms with Gasteiger partial charge in [0.25, 0.3) is 5.91 Å². The molecular formula is C26H29N5O2. The number of nitrogens with zero attached hydrogens (tertiary/aromatic N) is 5. The zero-order valence-electron chi connectivity index (χ0n) is 19.0. The van der Waals surface area contributed by atoms with Crippen molar-refractivity contribution in [3.8, 4) is 17.0 Å². The van der Waals surface area contributed by atoms with Crippen LogP contribution >= 0.6 is 0 Å². The smallest absolute Gasteiger partial charge is 0.253 e. The summed E-state index contributed by atoms with van der Waals surface area (Å²) >= 11 is 0. The second-order valence-electron chi connectivity index (χ2n) is 8.48. The third-order valence-electron chi connectivity index (χ3n) is 6.48. The molecule has 7 heteroatoms. The summed E-state index contributed by atoms with van der Waals surface area (Å²) in [4.78, 5) is 28.8. The van der Waals surface area contributed by atoms with Crippen LogP contribution in [0.15, 0.2) is 60.9 Å². The van der Waals surface area contributed by atoms with Crippen molar-refractivity contribution in [1.29, 1.82) is 0 Å². The van der Waals surface area contributed by atoms with Crippen LogP contribution in [0.3, 0.4) is 0 Å². The Morgan fingerprint density at radius 1 is 0.848 bits per heavy atom. The number of ether oxygens (including phenoxy) is 1. The van der Waals surface area contributed by atoms with Crippen molar-refractivity contribution in [2.45, 2.75) is 12.8 Å². The van der Waals surface area contributed by atoms with E-state index in [0.29, 0.717) is 18.7 Å². The number of amides is 1. The Bertz CT molecular complexity index is 1100. The molecule has 0 saturated carbocycles. The summed E-state index contributed by atoms with van der Waals surface area (Å²) in [6.07, 6.45) is 5.86. The first-order valence-corrected chi connectivity index (χ1v) is 11.6. The number of methoxy groups -OCH3 is 1. The Kier molecular flexibility index (Phi) is 6.11. The van der Waals surface area contributed by atoms with E-state index in [4.69, 9.17) is 4.74 Å². The first-order valence-electron chi connectivity index (χ1n) is 11.6. The second-order valence-corrected chi connectivity index (χ2v) is 8.48. The largest absolute Gasteiger partial charge is 0.497 e. The minimum atomic E-state index is 0.0748. The lowest BCUT2D eigenvalue weighted by atomic mass is 10.1. The first-order chi connectivity index (χ1) is 16.2. The third kappa shape index (κ3) is 4.49. The minimum absolute atomic E-state index is 0.0748. The molecule has 0 atom stereocenters. The van der Waals surface area contributed by atoms with Gasteiger partial charge in [0.1, 0.15) is 11.4 Å². The first kappa shape index (κ1) is 21.2. The maximum absolute atomic E-state index is 13.1. The molecule has 2 fully saturated rings. The minimum Gasteiger partial charge on any atom is -0.497 e. The van der Waals surface area contributed by atoms with Crippen LogP contribution in [0.25, 0.3) is 11.3 Å². The van der Waals surface area contributed by atoms with Gasteiger partial charge < -0.3 is 19.4 Å². The molecule has 170 valence electrons. The van der Waals surface area contributed by atoms with E-state index >= 15 is 0 Å². The maximum Gasteiger partial charge on any atom is 0.253 e. The standard InChI is InChI=1S/C26H29N5O2/c1-33-23-6-4-5-22(19-23)29-15-17-31(18-16-29)26(32)21-9-7-20(8-10-21)24-25(28-12-11-27-24)30-13-2-3-14-30/h4-12,19H,2-3,13-18H2,1H3. The molecule has 5 rings (SSSR count). The van der Waals surface area contributed by atoms with Gasteiger partial charge in [-0.05, 0) is 37.1 Å². The lowest BCUT2D eigenvalue weighted by Crippen LogP contribution is -2.48. The van der Waals surface area contributed by atoms with Gasteiger partial charge in [0.05, 0.1) is 7.11 Å². The molecule has 2 aromatic carbocycles. The number of carbonyl (C=O) groups is 1. The van der Waals surface area contributed by atoms with Gasteiger partial charge in [-0.1, -0.05) is 18.2 Å². The molecular weight excluding hydrogens is 414 g/mol. The van der Waals surface area contributed by atoms with Crippen LogP contribution in [-0.2, 0) is 0 Å². The quantitative estimate of drug-likeness (QED) is 0.599. The van der Waals surface area contributed by atoms with Gasteiger partial charge in [-0.15, -0.1) is 0 Å². The zero-order valence-corrected chi connectivity index (χ0v) is 19.0. The average Bonchev–Trinajstić information content (AvgIpc) is 3.43. The van der Waals surface area contributed by atoms with E-state index in [9.17, 15) is 4.79 Å². The molecule has 0 unspecified atom stereocenters. The van der Waals surface area contributed by atoms with Gasteiger partial charge in [0.15, 0.2) is 5.82 Å². The number of rotatable bonds is 5. The summed E-state index contributed by atoms with van der Waals surface area (Å²) in [5.41, 5.74) is 3.71. The van der Waals surface area contributed by atoms with Crippen LogP contribution in [0.5, 0.6) is 5.75 Å². The van der Waals surface area contributed by atoms with E-state index in [0.717, 1.165) is 54.7 Å². The Hall–Kier alpha value is -3.61. The summed E-state index contributed by atoms with van der Waals surface area (Å²) in [7, 11) is 1.68. The fourth-order valence-corrected chi connectivity index (χ4v) is 4.62. The van der Waals surface area contributed by atoms with Crippen molar-refractivity contribution in [1.82, 2.24) is 14.9 Å². The lowest BCUT2D eigenvalue weighted by molar-refractivity contribution is 0.0747. The highest BCUT2D eigenvalue weighted by Crippen LogP contribution is 2.29. The van der Waals surface area contributed by atoms with E-state index < -0.39 is 0 Å². The molecule has 2 aliphatic heterocycles. The molecule has 0 bridgehead atoms. The van der Waals surface area contributed by atoms with Gasteiger partial charge >= 0.3 is 0 Å². The number of hydrogen-bond acceptors (Lipinski definition) is 6. The number of anilines is 2. The predicted octanol–water partition coefficient (Wildman–Crippen LogP) is 3.71. The van der Waals surface area contributed by atoms with Crippen molar-refractivity contribution < 1.29 is 9.53 Å².